The van der Waals surface area contributed by atoms with E-state index in [0.717, 1.165) is 5.56 Å². The first-order chi connectivity index (χ1) is 10.1. The van der Waals surface area contributed by atoms with Gasteiger partial charge >= 0.3 is 0 Å². The number of rotatable bonds is 4. The standard InChI is InChI=1S/C14H12ClN5O/c15-12-5-11(8-18-13(12)20-17)14(21)19-7-10-3-1-9(6-16)2-4-10/h1-5,8H,7,17H2,(H,18,20)(H,19,21). The maximum atomic E-state index is 12.0. The summed E-state index contributed by atoms with van der Waals surface area (Å²) in [5.74, 6) is 5.23. The van der Waals surface area contributed by atoms with Crippen molar-refractivity contribution in [2.75, 3.05) is 5.43 Å². The largest absolute Gasteiger partial charge is 0.348 e. The summed E-state index contributed by atoms with van der Waals surface area (Å²) in [6.45, 7) is 0.346. The van der Waals surface area contributed by atoms with Crippen LogP contribution in [0.3, 0.4) is 0 Å². The summed E-state index contributed by atoms with van der Waals surface area (Å²) >= 11 is 5.91. The molecule has 0 saturated heterocycles. The summed E-state index contributed by atoms with van der Waals surface area (Å²) in [7, 11) is 0. The predicted molar refractivity (Wildman–Crippen MR) is 79.4 cm³/mol. The van der Waals surface area contributed by atoms with Crippen molar-refractivity contribution in [3.05, 3.63) is 58.2 Å². The molecule has 0 aliphatic rings. The number of nitrogens with one attached hydrogen (secondary N) is 2. The minimum Gasteiger partial charge on any atom is -0.348 e. The number of pyridine rings is 1. The number of nitriles is 1. The van der Waals surface area contributed by atoms with Gasteiger partial charge in [-0.2, -0.15) is 5.26 Å². The molecular weight excluding hydrogens is 290 g/mol. The first-order valence-electron chi connectivity index (χ1n) is 6.03. The van der Waals surface area contributed by atoms with E-state index >= 15 is 0 Å². The van der Waals surface area contributed by atoms with Gasteiger partial charge in [-0.25, -0.2) is 10.8 Å². The first-order valence-corrected chi connectivity index (χ1v) is 6.41. The number of halogens is 1. The fourth-order valence-electron chi connectivity index (χ4n) is 1.65. The normalized spacial score (nSPS) is 9.76. The zero-order chi connectivity index (χ0) is 15.2. The van der Waals surface area contributed by atoms with E-state index in [1.807, 2.05) is 6.07 Å². The second kappa shape index (κ2) is 6.70. The fourth-order valence-corrected chi connectivity index (χ4v) is 1.87. The molecule has 6 nitrogen and oxygen atoms in total. The highest BCUT2D eigenvalue weighted by Crippen LogP contribution is 2.18. The van der Waals surface area contributed by atoms with Crippen LogP contribution in [-0.4, -0.2) is 10.9 Å². The number of nitrogens with two attached hydrogens (primary N) is 1. The molecule has 0 aliphatic heterocycles. The number of carbonyl (C=O) groups is 1. The van der Waals surface area contributed by atoms with Crippen LogP contribution in [0.25, 0.3) is 0 Å². The van der Waals surface area contributed by atoms with Crippen molar-refractivity contribution in [1.29, 1.82) is 5.26 Å². The van der Waals surface area contributed by atoms with E-state index < -0.39 is 0 Å². The second-order valence-corrected chi connectivity index (χ2v) is 4.60. The number of hydrogen-bond acceptors (Lipinski definition) is 5. The van der Waals surface area contributed by atoms with E-state index in [2.05, 4.69) is 15.7 Å². The van der Waals surface area contributed by atoms with Gasteiger partial charge in [-0.1, -0.05) is 23.7 Å². The van der Waals surface area contributed by atoms with Gasteiger partial charge in [0.05, 0.1) is 22.2 Å². The molecule has 0 radical (unpaired) electrons. The van der Waals surface area contributed by atoms with Crippen molar-refractivity contribution < 1.29 is 4.79 Å². The van der Waals surface area contributed by atoms with Crippen LogP contribution >= 0.6 is 11.6 Å². The van der Waals surface area contributed by atoms with Crippen LogP contribution in [0.15, 0.2) is 36.5 Å². The molecule has 1 aromatic carbocycles. The van der Waals surface area contributed by atoms with Crippen molar-refractivity contribution in [3.63, 3.8) is 0 Å². The molecule has 0 fully saturated rings. The molecular formula is C14H12ClN5O. The summed E-state index contributed by atoms with van der Waals surface area (Å²) in [5, 5.41) is 11.7. The Hall–Kier alpha value is -2.62. The van der Waals surface area contributed by atoms with Crippen molar-refractivity contribution in [3.8, 4) is 6.07 Å². The fraction of sp³-hybridized carbons (Fsp3) is 0.0714. The number of anilines is 1. The van der Waals surface area contributed by atoms with Crippen LogP contribution in [0.4, 0.5) is 5.82 Å². The van der Waals surface area contributed by atoms with Gasteiger partial charge in [-0.3, -0.25) is 4.79 Å². The minimum atomic E-state index is -0.294. The van der Waals surface area contributed by atoms with Crippen molar-refractivity contribution >= 4 is 23.3 Å². The van der Waals surface area contributed by atoms with Gasteiger partial charge in [-0.05, 0) is 23.8 Å². The molecule has 7 heteroatoms. The Kier molecular flexibility index (Phi) is 4.72. The molecule has 0 unspecified atom stereocenters. The van der Waals surface area contributed by atoms with Crippen LogP contribution in [0.5, 0.6) is 0 Å². The maximum Gasteiger partial charge on any atom is 0.253 e. The zero-order valence-electron chi connectivity index (χ0n) is 10.9. The average Bonchev–Trinajstić information content (AvgIpc) is 2.53. The monoisotopic (exact) mass is 301 g/mol. The highest BCUT2D eigenvalue weighted by Gasteiger charge is 2.09. The Balaban J connectivity index is 2.01. The molecule has 0 bridgehead atoms. The molecule has 1 aromatic heterocycles. The van der Waals surface area contributed by atoms with Crippen molar-refractivity contribution in [2.24, 2.45) is 5.84 Å². The van der Waals surface area contributed by atoms with Crippen LogP contribution in [0.1, 0.15) is 21.5 Å². The number of nitrogen functional groups attached to an aromatic ring is 1. The molecule has 1 heterocycles. The molecule has 0 saturated carbocycles. The Labute approximate surface area is 126 Å². The molecule has 0 spiro atoms. The summed E-state index contributed by atoms with van der Waals surface area (Å²) in [6.07, 6.45) is 1.38. The number of hydrogen-bond donors (Lipinski definition) is 3. The molecule has 1 amide bonds. The average molecular weight is 302 g/mol. The SMILES string of the molecule is N#Cc1ccc(CNC(=O)c2cnc(NN)c(Cl)c2)cc1. The lowest BCUT2D eigenvalue weighted by Crippen LogP contribution is -2.23. The van der Waals surface area contributed by atoms with E-state index in [1.54, 1.807) is 24.3 Å². The van der Waals surface area contributed by atoms with E-state index in [0.29, 0.717) is 23.5 Å². The summed E-state index contributed by atoms with van der Waals surface area (Å²) in [6, 6.07) is 10.5. The number of nitrogens with zero attached hydrogens (tertiary/aromatic N) is 2. The molecule has 0 aliphatic carbocycles. The lowest BCUT2D eigenvalue weighted by atomic mass is 10.1. The second-order valence-electron chi connectivity index (χ2n) is 4.19. The van der Waals surface area contributed by atoms with Gasteiger partial charge in [0.1, 0.15) is 0 Å². The van der Waals surface area contributed by atoms with E-state index in [-0.39, 0.29) is 10.9 Å². The number of hydrazine groups is 1. The quantitative estimate of drug-likeness (QED) is 0.590. The van der Waals surface area contributed by atoms with Gasteiger partial charge in [-0.15, -0.1) is 0 Å². The van der Waals surface area contributed by atoms with E-state index in [9.17, 15) is 4.79 Å². The third kappa shape index (κ3) is 3.69. The number of carbonyl (C=O) groups excluding carboxylic acids is 1. The van der Waals surface area contributed by atoms with E-state index in [1.165, 1.54) is 12.3 Å². The smallest absolute Gasteiger partial charge is 0.253 e. The predicted octanol–water partition coefficient (Wildman–Crippen LogP) is 1.82. The van der Waals surface area contributed by atoms with Gasteiger partial charge in [0.15, 0.2) is 5.82 Å². The number of aromatic nitrogens is 1. The zero-order valence-corrected chi connectivity index (χ0v) is 11.7. The molecule has 21 heavy (non-hydrogen) atoms. The van der Waals surface area contributed by atoms with Crippen LogP contribution in [0.2, 0.25) is 5.02 Å². The highest BCUT2D eigenvalue weighted by atomic mass is 35.5. The van der Waals surface area contributed by atoms with Crippen LogP contribution in [0, 0.1) is 11.3 Å². The number of benzene rings is 1. The van der Waals surface area contributed by atoms with Crippen molar-refractivity contribution in [1.82, 2.24) is 10.3 Å². The summed E-state index contributed by atoms with van der Waals surface area (Å²) in [5.41, 5.74) is 4.13. The lowest BCUT2D eigenvalue weighted by molar-refractivity contribution is 0.0950. The summed E-state index contributed by atoms with van der Waals surface area (Å²) < 4.78 is 0. The first kappa shape index (κ1) is 14.8. The Morgan fingerprint density at radius 2 is 2.10 bits per heavy atom. The molecule has 106 valence electrons. The van der Waals surface area contributed by atoms with E-state index in [4.69, 9.17) is 22.7 Å². The van der Waals surface area contributed by atoms with Crippen LogP contribution < -0.4 is 16.6 Å². The van der Waals surface area contributed by atoms with Gasteiger partial charge in [0, 0.05) is 12.7 Å². The third-order valence-electron chi connectivity index (χ3n) is 2.78. The lowest BCUT2D eigenvalue weighted by Gasteiger charge is -2.07. The Morgan fingerprint density at radius 1 is 1.38 bits per heavy atom. The Morgan fingerprint density at radius 3 is 2.67 bits per heavy atom. The van der Waals surface area contributed by atoms with Gasteiger partial charge < -0.3 is 10.7 Å². The topological polar surface area (TPSA) is 104 Å². The summed E-state index contributed by atoms with van der Waals surface area (Å²) in [4.78, 5) is 15.9. The highest BCUT2D eigenvalue weighted by molar-refractivity contribution is 6.33. The molecule has 2 aromatic rings. The van der Waals surface area contributed by atoms with Gasteiger partial charge in [0.25, 0.3) is 5.91 Å². The number of amides is 1. The third-order valence-corrected chi connectivity index (χ3v) is 3.06. The van der Waals surface area contributed by atoms with Gasteiger partial charge in [0.2, 0.25) is 0 Å². The van der Waals surface area contributed by atoms with Crippen molar-refractivity contribution in [2.45, 2.75) is 6.54 Å². The molecule has 2 rings (SSSR count). The minimum absolute atomic E-state index is 0.267. The Bertz CT molecular complexity index is 694. The van der Waals surface area contributed by atoms with Crippen LogP contribution in [-0.2, 0) is 6.54 Å². The molecule has 0 atom stereocenters. The maximum absolute atomic E-state index is 12.0. The molecule has 4 N–H and O–H groups in total.